The van der Waals surface area contributed by atoms with E-state index in [1.54, 1.807) is 13.8 Å². The molecular weight excluding hydrogens is 378 g/mol. The lowest BCUT2D eigenvalue weighted by atomic mass is 9.82. The average Bonchev–Trinajstić information content (AvgIpc) is 2.62. The molecule has 6 nitrogen and oxygen atoms in total. The molecule has 1 rings (SSSR count). The number of amides is 1. The third-order valence-electron chi connectivity index (χ3n) is 4.80. The molecule has 1 amide bonds. The molecule has 0 aliphatic carbocycles. The van der Waals surface area contributed by atoms with Crippen molar-refractivity contribution in [3.05, 3.63) is 35.9 Å². The van der Waals surface area contributed by atoms with Gasteiger partial charge in [0.15, 0.2) is 6.04 Å². The van der Waals surface area contributed by atoms with Crippen LogP contribution in [0.15, 0.2) is 30.3 Å². The average molecular weight is 410 g/mol. The third-order valence-corrected chi connectivity index (χ3v) is 5.43. The maximum absolute atomic E-state index is 12.9. The van der Waals surface area contributed by atoms with Gasteiger partial charge in [-0.1, -0.05) is 44.2 Å². The lowest BCUT2D eigenvalue weighted by molar-refractivity contribution is -0.147. The van der Waals surface area contributed by atoms with Gasteiger partial charge in [0.25, 0.3) is 0 Å². The minimum atomic E-state index is -1.23. The fourth-order valence-electron chi connectivity index (χ4n) is 2.84. The molecule has 0 saturated carbocycles. The molecule has 0 radical (unpaired) electrons. The van der Waals surface area contributed by atoms with Gasteiger partial charge in [0.1, 0.15) is 5.78 Å². The number of ether oxygens (including phenoxy) is 1. The Morgan fingerprint density at radius 1 is 1.18 bits per heavy atom. The Hall–Kier alpha value is -1.86. The van der Waals surface area contributed by atoms with E-state index in [4.69, 9.17) is 4.74 Å². The summed E-state index contributed by atoms with van der Waals surface area (Å²) in [5.41, 5.74) is 0.905. The second kappa shape index (κ2) is 10.6. The fraction of sp³-hybridized carbons (Fsp3) is 0.571. The third kappa shape index (κ3) is 6.95. The number of hydrogen-bond donors (Lipinski definition) is 3. The van der Waals surface area contributed by atoms with Crippen molar-refractivity contribution in [2.24, 2.45) is 11.8 Å². The normalized spacial score (nSPS) is 16.7. The van der Waals surface area contributed by atoms with Crippen LogP contribution in [0.1, 0.15) is 46.6 Å². The zero-order valence-corrected chi connectivity index (χ0v) is 18.0. The van der Waals surface area contributed by atoms with Gasteiger partial charge in [-0.3, -0.25) is 9.59 Å². The molecule has 0 spiro atoms. The quantitative estimate of drug-likeness (QED) is 0.489. The van der Waals surface area contributed by atoms with E-state index in [-0.39, 0.29) is 18.3 Å². The van der Waals surface area contributed by atoms with Gasteiger partial charge in [0.2, 0.25) is 5.91 Å². The minimum Gasteiger partial charge on any atom is -0.480 e. The van der Waals surface area contributed by atoms with Gasteiger partial charge in [-0.2, -0.15) is 12.6 Å². The van der Waals surface area contributed by atoms with Crippen LogP contribution in [-0.2, 0) is 25.7 Å². The van der Waals surface area contributed by atoms with E-state index in [2.05, 4.69) is 17.9 Å². The van der Waals surface area contributed by atoms with Gasteiger partial charge in [0.05, 0.1) is 23.4 Å². The van der Waals surface area contributed by atoms with Crippen molar-refractivity contribution < 1.29 is 24.2 Å². The Labute approximate surface area is 172 Å². The van der Waals surface area contributed by atoms with Crippen LogP contribution in [-0.4, -0.2) is 39.7 Å². The monoisotopic (exact) mass is 409 g/mol. The summed E-state index contributed by atoms with van der Waals surface area (Å²) in [5, 5.41) is 12.1. The summed E-state index contributed by atoms with van der Waals surface area (Å²) in [4.78, 5) is 36.6. The number of carbonyl (C=O) groups is 3. The van der Waals surface area contributed by atoms with Gasteiger partial charge in [-0.15, -0.1) is 0 Å². The van der Waals surface area contributed by atoms with E-state index in [0.29, 0.717) is 6.42 Å². The standard InChI is InChI=1S/C21H31NO5S/c1-13(2)11-17(21(5,28)15(4)23)19(24)22-18(20(25)26)14(3)27-12-16-9-7-6-8-10-16/h6-10,13-14,17-18,28H,11-12H2,1-5H3,(H,22,24)(H,25,26)/t14?,17?,18-,21?/m0/s1. The zero-order chi connectivity index (χ0) is 21.5. The molecule has 3 unspecified atom stereocenters. The number of nitrogens with one attached hydrogen (secondary N) is 1. The summed E-state index contributed by atoms with van der Waals surface area (Å²) in [6.07, 6.45) is -0.346. The van der Waals surface area contributed by atoms with Crippen LogP contribution < -0.4 is 5.32 Å². The molecule has 0 saturated heterocycles. The second-order valence-corrected chi connectivity index (χ2v) is 8.64. The molecule has 1 aromatic rings. The summed E-state index contributed by atoms with van der Waals surface area (Å²) in [6.45, 7) is 8.68. The molecule has 28 heavy (non-hydrogen) atoms. The van der Waals surface area contributed by atoms with Crippen LogP contribution in [0.4, 0.5) is 0 Å². The predicted molar refractivity (Wildman–Crippen MR) is 111 cm³/mol. The molecule has 0 bridgehead atoms. The van der Waals surface area contributed by atoms with E-state index in [0.717, 1.165) is 5.56 Å². The van der Waals surface area contributed by atoms with Gasteiger partial charge in [-0.25, -0.2) is 4.79 Å². The first kappa shape index (κ1) is 24.2. The summed E-state index contributed by atoms with van der Waals surface area (Å²) < 4.78 is 4.48. The van der Waals surface area contributed by atoms with Gasteiger partial charge < -0.3 is 15.2 Å². The highest BCUT2D eigenvalue weighted by molar-refractivity contribution is 7.82. The highest BCUT2D eigenvalue weighted by Crippen LogP contribution is 2.31. The first-order valence-electron chi connectivity index (χ1n) is 9.38. The number of benzene rings is 1. The number of carboxylic acids is 1. The first-order chi connectivity index (χ1) is 13.0. The molecule has 0 fully saturated rings. The number of carboxylic acid groups (broad SMARTS) is 1. The maximum atomic E-state index is 12.9. The van der Waals surface area contributed by atoms with E-state index < -0.39 is 34.7 Å². The van der Waals surface area contributed by atoms with Crippen LogP contribution >= 0.6 is 12.6 Å². The highest BCUT2D eigenvalue weighted by Gasteiger charge is 2.42. The van der Waals surface area contributed by atoms with Crippen LogP contribution in [0.5, 0.6) is 0 Å². The van der Waals surface area contributed by atoms with Crippen molar-refractivity contribution in [3.8, 4) is 0 Å². The molecule has 156 valence electrons. The van der Waals surface area contributed by atoms with Gasteiger partial charge in [-0.05, 0) is 38.7 Å². The van der Waals surface area contributed by atoms with E-state index in [1.165, 1.54) is 6.92 Å². The Bertz CT molecular complexity index is 675. The number of carbonyl (C=O) groups excluding carboxylic acids is 2. The number of Topliss-reactive ketones (excluding diaryl/α,β-unsaturated/α-hetero) is 1. The van der Waals surface area contributed by atoms with Gasteiger partial charge >= 0.3 is 5.97 Å². The molecule has 4 atom stereocenters. The molecule has 0 aliphatic heterocycles. The summed E-state index contributed by atoms with van der Waals surface area (Å²) in [5.74, 6) is -2.56. The minimum absolute atomic E-state index is 0.136. The predicted octanol–water partition coefficient (Wildman–Crippen LogP) is 3.10. The van der Waals surface area contributed by atoms with Crippen molar-refractivity contribution in [2.45, 2.75) is 64.5 Å². The van der Waals surface area contributed by atoms with Crippen molar-refractivity contribution in [1.82, 2.24) is 5.32 Å². The molecule has 7 heteroatoms. The zero-order valence-electron chi connectivity index (χ0n) is 17.1. The van der Waals surface area contributed by atoms with Gasteiger partial charge in [0, 0.05) is 0 Å². The van der Waals surface area contributed by atoms with Crippen LogP contribution in [0, 0.1) is 11.8 Å². The highest BCUT2D eigenvalue weighted by atomic mass is 32.1. The largest absolute Gasteiger partial charge is 0.480 e. The van der Waals surface area contributed by atoms with Crippen molar-refractivity contribution in [3.63, 3.8) is 0 Å². The number of rotatable bonds is 11. The second-order valence-electron chi connectivity index (χ2n) is 7.71. The van der Waals surface area contributed by atoms with Crippen molar-refractivity contribution in [2.75, 3.05) is 0 Å². The van der Waals surface area contributed by atoms with Crippen LogP contribution in [0.2, 0.25) is 0 Å². The maximum Gasteiger partial charge on any atom is 0.328 e. The topological polar surface area (TPSA) is 92.7 Å². The van der Waals surface area contributed by atoms with Crippen molar-refractivity contribution >= 4 is 30.3 Å². The molecule has 2 N–H and O–H groups in total. The molecule has 0 aromatic heterocycles. The van der Waals surface area contributed by atoms with Crippen molar-refractivity contribution in [1.29, 1.82) is 0 Å². The summed E-state index contributed by atoms with van der Waals surface area (Å²) >= 11 is 4.42. The van der Waals surface area contributed by atoms with Crippen LogP contribution in [0.25, 0.3) is 0 Å². The number of hydrogen-bond acceptors (Lipinski definition) is 5. The number of aliphatic carboxylic acids is 1. The van der Waals surface area contributed by atoms with Crippen LogP contribution in [0.3, 0.4) is 0 Å². The summed E-state index contributed by atoms with van der Waals surface area (Å²) in [6, 6.07) is 8.13. The Kier molecular flexibility index (Phi) is 9.17. The Balaban J connectivity index is 2.90. The number of thiol groups is 1. The Morgan fingerprint density at radius 2 is 1.75 bits per heavy atom. The van der Waals surface area contributed by atoms with E-state index >= 15 is 0 Å². The van der Waals surface area contributed by atoms with E-state index in [9.17, 15) is 19.5 Å². The Morgan fingerprint density at radius 3 is 2.21 bits per heavy atom. The van der Waals surface area contributed by atoms with E-state index in [1.807, 2.05) is 44.2 Å². The lowest BCUT2D eigenvalue weighted by Gasteiger charge is -2.33. The number of ketones is 1. The smallest absolute Gasteiger partial charge is 0.328 e. The summed E-state index contributed by atoms with van der Waals surface area (Å²) in [7, 11) is 0. The molecule has 0 heterocycles. The fourth-order valence-corrected chi connectivity index (χ4v) is 3.06. The molecule has 0 aliphatic rings. The SMILES string of the molecule is CC(=O)C(C)(S)C(CC(C)C)C(=O)N[C@H](C(=O)O)C(C)OCc1ccccc1. The lowest BCUT2D eigenvalue weighted by Crippen LogP contribution is -2.54. The molecule has 1 aromatic carbocycles. The first-order valence-corrected chi connectivity index (χ1v) is 9.83. The molecular formula is C21H31NO5S.